The first-order valence-corrected chi connectivity index (χ1v) is 10.4. The number of hydrogen-bond acceptors (Lipinski definition) is 5. The molecule has 1 fully saturated rings. The highest BCUT2D eigenvalue weighted by atomic mass is 35.5. The number of aromatic hydroxyl groups is 1. The van der Waals surface area contributed by atoms with Crippen molar-refractivity contribution in [3.63, 3.8) is 0 Å². The average molecular weight is 395 g/mol. The number of nitrogens with zero attached hydrogens (tertiary/aromatic N) is 2. The van der Waals surface area contributed by atoms with Crippen LogP contribution in [0.3, 0.4) is 0 Å². The van der Waals surface area contributed by atoms with Crippen molar-refractivity contribution in [1.29, 1.82) is 0 Å². The molecule has 1 amide bonds. The number of carbonyl (C=O) groups is 1. The van der Waals surface area contributed by atoms with Gasteiger partial charge in [-0.3, -0.25) is 4.79 Å². The second-order valence-electron chi connectivity index (χ2n) is 6.21. The molecule has 0 radical (unpaired) electrons. The van der Waals surface area contributed by atoms with Crippen molar-refractivity contribution >= 4 is 33.0 Å². The highest BCUT2D eigenvalue weighted by Gasteiger charge is 2.24. The van der Waals surface area contributed by atoms with Crippen LogP contribution in [-0.4, -0.2) is 56.8 Å². The Kier molecular flexibility index (Phi) is 5.11. The molecule has 26 heavy (non-hydrogen) atoms. The summed E-state index contributed by atoms with van der Waals surface area (Å²) < 4.78 is 23.6. The number of anilines is 1. The fourth-order valence-corrected chi connectivity index (χ4v) is 4.24. The Morgan fingerprint density at radius 1 is 1.04 bits per heavy atom. The molecule has 1 saturated heterocycles. The minimum absolute atomic E-state index is 0.0345. The molecule has 0 unspecified atom stereocenters. The summed E-state index contributed by atoms with van der Waals surface area (Å²) >= 11 is 5.94. The molecule has 1 aliphatic rings. The zero-order valence-electron chi connectivity index (χ0n) is 14.2. The van der Waals surface area contributed by atoms with Gasteiger partial charge in [0, 0.05) is 43.7 Å². The number of rotatable bonds is 3. The van der Waals surface area contributed by atoms with E-state index in [-0.39, 0.29) is 21.6 Å². The molecule has 6 nitrogen and oxygen atoms in total. The monoisotopic (exact) mass is 394 g/mol. The average Bonchev–Trinajstić information content (AvgIpc) is 2.61. The fourth-order valence-electron chi connectivity index (χ4n) is 2.93. The van der Waals surface area contributed by atoms with E-state index in [4.69, 9.17) is 11.6 Å². The van der Waals surface area contributed by atoms with Crippen molar-refractivity contribution in [2.24, 2.45) is 0 Å². The number of phenolic OH excluding ortho intramolecular Hbond substituents is 1. The van der Waals surface area contributed by atoms with Crippen molar-refractivity contribution in [3.8, 4) is 5.75 Å². The summed E-state index contributed by atoms with van der Waals surface area (Å²) in [6.45, 7) is 2.36. The minimum atomic E-state index is -3.50. The van der Waals surface area contributed by atoms with Gasteiger partial charge < -0.3 is 14.9 Å². The number of amides is 1. The third-order valence-corrected chi connectivity index (χ3v) is 5.94. The van der Waals surface area contributed by atoms with Gasteiger partial charge in [-0.1, -0.05) is 11.6 Å². The van der Waals surface area contributed by atoms with E-state index in [1.807, 2.05) is 12.1 Å². The van der Waals surface area contributed by atoms with Crippen LogP contribution in [0.15, 0.2) is 47.4 Å². The normalized spacial score (nSPS) is 15.2. The number of carbonyl (C=O) groups excluding carboxylic acids is 1. The summed E-state index contributed by atoms with van der Waals surface area (Å²) in [5, 5.41) is 9.48. The number of benzene rings is 2. The van der Waals surface area contributed by atoms with E-state index in [1.165, 1.54) is 12.1 Å². The first-order valence-electron chi connectivity index (χ1n) is 8.08. The molecule has 0 atom stereocenters. The predicted molar refractivity (Wildman–Crippen MR) is 101 cm³/mol. The molecule has 2 aromatic carbocycles. The number of phenols is 1. The van der Waals surface area contributed by atoms with Gasteiger partial charge in [0.05, 0.1) is 9.92 Å². The van der Waals surface area contributed by atoms with Gasteiger partial charge in [-0.15, -0.1) is 0 Å². The summed E-state index contributed by atoms with van der Waals surface area (Å²) in [5.41, 5.74) is 1.30. The summed E-state index contributed by atoms with van der Waals surface area (Å²) in [4.78, 5) is 16.5. The lowest BCUT2D eigenvalue weighted by Gasteiger charge is -2.36. The van der Waals surface area contributed by atoms with Crippen molar-refractivity contribution in [2.45, 2.75) is 4.90 Å². The number of hydrogen-bond donors (Lipinski definition) is 1. The molecule has 0 saturated carbocycles. The maximum Gasteiger partial charge on any atom is 0.254 e. The highest BCUT2D eigenvalue weighted by Crippen LogP contribution is 2.24. The summed E-state index contributed by atoms with van der Waals surface area (Å²) in [6.07, 6.45) is 1.07. The van der Waals surface area contributed by atoms with Gasteiger partial charge in [-0.2, -0.15) is 0 Å². The lowest BCUT2D eigenvalue weighted by atomic mass is 10.1. The molecular formula is C18H19ClN2O4S. The van der Waals surface area contributed by atoms with Crippen LogP contribution in [0.25, 0.3) is 0 Å². The Bertz CT molecular complexity index is 921. The molecule has 1 heterocycles. The van der Waals surface area contributed by atoms with E-state index < -0.39 is 9.84 Å². The van der Waals surface area contributed by atoms with E-state index in [2.05, 4.69) is 4.90 Å². The van der Waals surface area contributed by atoms with Gasteiger partial charge in [-0.25, -0.2) is 8.42 Å². The van der Waals surface area contributed by atoms with E-state index in [0.717, 1.165) is 11.9 Å². The molecule has 0 aliphatic carbocycles. The fraction of sp³-hybridized carbons (Fsp3) is 0.278. The van der Waals surface area contributed by atoms with Gasteiger partial charge in [0.25, 0.3) is 5.91 Å². The summed E-state index contributed by atoms with van der Waals surface area (Å²) in [6, 6.07) is 11.3. The van der Waals surface area contributed by atoms with Crippen LogP contribution in [0.1, 0.15) is 10.4 Å². The Morgan fingerprint density at radius 2 is 1.65 bits per heavy atom. The van der Waals surface area contributed by atoms with E-state index in [9.17, 15) is 18.3 Å². The van der Waals surface area contributed by atoms with Gasteiger partial charge in [0.2, 0.25) is 0 Å². The van der Waals surface area contributed by atoms with Crippen LogP contribution < -0.4 is 4.90 Å². The van der Waals surface area contributed by atoms with E-state index >= 15 is 0 Å². The number of piperazine rings is 1. The SMILES string of the molecule is CS(=O)(=O)c1cc(C(=O)N2CCN(c3ccc(O)cc3)CC2)ccc1Cl. The minimum Gasteiger partial charge on any atom is -0.508 e. The third-order valence-electron chi connectivity index (χ3n) is 4.36. The Labute approximate surface area is 157 Å². The zero-order chi connectivity index (χ0) is 18.9. The molecule has 1 N–H and O–H groups in total. The topological polar surface area (TPSA) is 77.9 Å². The van der Waals surface area contributed by atoms with Crippen molar-refractivity contribution in [2.75, 3.05) is 37.3 Å². The molecule has 0 spiro atoms. The Hall–Kier alpha value is -2.25. The lowest BCUT2D eigenvalue weighted by molar-refractivity contribution is 0.0746. The van der Waals surface area contributed by atoms with Gasteiger partial charge >= 0.3 is 0 Å². The molecule has 0 bridgehead atoms. The van der Waals surface area contributed by atoms with Gasteiger partial charge in [-0.05, 0) is 42.5 Å². The standard InChI is InChI=1S/C18H19ClN2O4S/c1-26(24,25)17-12-13(2-7-16(17)19)18(23)21-10-8-20(9-11-21)14-3-5-15(22)6-4-14/h2-7,12,22H,8-11H2,1H3. The van der Waals surface area contributed by atoms with Crippen LogP contribution in [0.4, 0.5) is 5.69 Å². The maximum atomic E-state index is 12.7. The Morgan fingerprint density at radius 3 is 2.23 bits per heavy atom. The van der Waals surface area contributed by atoms with Crippen molar-refractivity contribution in [1.82, 2.24) is 4.90 Å². The third kappa shape index (κ3) is 3.94. The second kappa shape index (κ2) is 7.17. The zero-order valence-corrected chi connectivity index (χ0v) is 15.8. The largest absolute Gasteiger partial charge is 0.508 e. The maximum absolute atomic E-state index is 12.7. The van der Waals surface area contributed by atoms with Gasteiger partial charge in [0.1, 0.15) is 5.75 Å². The molecular weight excluding hydrogens is 376 g/mol. The van der Waals surface area contributed by atoms with E-state index in [1.54, 1.807) is 23.1 Å². The number of halogens is 1. The van der Waals surface area contributed by atoms with Crippen LogP contribution in [0.2, 0.25) is 5.02 Å². The molecule has 1 aliphatic heterocycles. The molecule has 138 valence electrons. The van der Waals surface area contributed by atoms with Crippen LogP contribution in [0.5, 0.6) is 5.75 Å². The molecule has 2 aromatic rings. The lowest BCUT2D eigenvalue weighted by Crippen LogP contribution is -2.48. The van der Waals surface area contributed by atoms with Crippen LogP contribution in [-0.2, 0) is 9.84 Å². The van der Waals surface area contributed by atoms with E-state index in [0.29, 0.717) is 31.7 Å². The highest BCUT2D eigenvalue weighted by molar-refractivity contribution is 7.90. The first kappa shape index (κ1) is 18.5. The number of sulfone groups is 1. The summed E-state index contributed by atoms with van der Waals surface area (Å²) in [7, 11) is -3.50. The predicted octanol–water partition coefficient (Wildman–Crippen LogP) is 2.41. The Balaban J connectivity index is 1.72. The quantitative estimate of drug-likeness (QED) is 0.864. The first-order chi connectivity index (χ1) is 12.3. The van der Waals surface area contributed by atoms with Crippen molar-refractivity contribution in [3.05, 3.63) is 53.1 Å². The van der Waals surface area contributed by atoms with Crippen LogP contribution in [0, 0.1) is 0 Å². The van der Waals surface area contributed by atoms with Crippen LogP contribution >= 0.6 is 11.6 Å². The second-order valence-corrected chi connectivity index (χ2v) is 8.60. The van der Waals surface area contributed by atoms with Crippen molar-refractivity contribution < 1.29 is 18.3 Å². The molecule has 3 rings (SSSR count). The molecule has 8 heteroatoms. The molecule has 0 aromatic heterocycles. The summed E-state index contributed by atoms with van der Waals surface area (Å²) in [5.74, 6) is 0.00362. The smallest absolute Gasteiger partial charge is 0.254 e. The van der Waals surface area contributed by atoms with Gasteiger partial charge in [0.15, 0.2) is 9.84 Å².